The van der Waals surface area contributed by atoms with Gasteiger partial charge in [-0.3, -0.25) is 18.9 Å². The van der Waals surface area contributed by atoms with Crippen molar-refractivity contribution in [2.24, 2.45) is 7.05 Å². The molecule has 0 spiro atoms. The van der Waals surface area contributed by atoms with Gasteiger partial charge in [0.05, 0.1) is 12.2 Å². The molecule has 2 aromatic heterocycles. The summed E-state index contributed by atoms with van der Waals surface area (Å²) < 4.78 is 4.06. The number of pyridine rings is 1. The summed E-state index contributed by atoms with van der Waals surface area (Å²) in [4.78, 5) is 16.2. The average molecular weight is 354 g/mol. The summed E-state index contributed by atoms with van der Waals surface area (Å²) in [5, 5.41) is 5.76. The van der Waals surface area contributed by atoms with Crippen LogP contribution in [0.15, 0.2) is 11.0 Å². The molecule has 26 heavy (non-hydrogen) atoms. The van der Waals surface area contributed by atoms with Gasteiger partial charge < -0.3 is 0 Å². The second kappa shape index (κ2) is 6.52. The van der Waals surface area contributed by atoms with Crippen molar-refractivity contribution in [2.75, 3.05) is 13.1 Å². The van der Waals surface area contributed by atoms with E-state index in [1.165, 1.54) is 56.0 Å². The molecular weight excluding hydrogens is 324 g/mol. The fourth-order valence-electron chi connectivity index (χ4n) is 5.74. The number of fused-ring (bicyclic) bond motifs is 3. The molecule has 0 bridgehead atoms. The van der Waals surface area contributed by atoms with Gasteiger partial charge in [-0.05, 0) is 63.5 Å². The maximum absolute atomic E-state index is 13.5. The van der Waals surface area contributed by atoms with Gasteiger partial charge in [-0.15, -0.1) is 0 Å². The lowest BCUT2D eigenvalue weighted by Gasteiger charge is -2.38. The smallest absolute Gasteiger partial charge is 0.255 e. The molecule has 140 valence electrons. The molecule has 5 nitrogen and oxygen atoms in total. The Bertz CT molecular complexity index is 874. The van der Waals surface area contributed by atoms with E-state index in [0.717, 1.165) is 49.5 Å². The predicted molar refractivity (Wildman–Crippen MR) is 104 cm³/mol. The molecule has 1 saturated heterocycles. The van der Waals surface area contributed by atoms with Crippen LogP contribution in [-0.2, 0) is 19.9 Å². The topological polar surface area (TPSA) is 43.1 Å². The maximum Gasteiger partial charge on any atom is 0.255 e. The standard InChI is InChI=1S/C21H30N4O/c1-23-20-19(13-22-23)17-10-4-5-11-18(17)21(26)25(20)16-9-6-12-24(14-16)15-7-2-3-8-15/h13,15-16H,2-12,14H2,1H3. The van der Waals surface area contributed by atoms with Crippen molar-refractivity contribution < 1.29 is 0 Å². The van der Waals surface area contributed by atoms with Crippen molar-refractivity contribution in [3.8, 4) is 0 Å². The van der Waals surface area contributed by atoms with E-state index in [1.807, 2.05) is 17.9 Å². The van der Waals surface area contributed by atoms with Crippen LogP contribution in [0.4, 0.5) is 0 Å². The van der Waals surface area contributed by atoms with Gasteiger partial charge in [-0.25, -0.2) is 0 Å². The van der Waals surface area contributed by atoms with Crippen molar-refractivity contribution in [3.63, 3.8) is 0 Å². The zero-order valence-corrected chi connectivity index (χ0v) is 15.9. The lowest BCUT2D eigenvalue weighted by atomic mass is 9.90. The van der Waals surface area contributed by atoms with Gasteiger partial charge in [0, 0.05) is 30.6 Å². The molecule has 3 aliphatic rings. The zero-order valence-electron chi connectivity index (χ0n) is 15.9. The second-order valence-electron chi connectivity index (χ2n) is 8.57. The number of piperidine rings is 1. The summed E-state index contributed by atoms with van der Waals surface area (Å²) in [7, 11) is 1.99. The monoisotopic (exact) mass is 354 g/mol. The molecule has 5 rings (SSSR count). The van der Waals surface area contributed by atoms with Crippen LogP contribution in [-0.4, -0.2) is 38.4 Å². The Hall–Kier alpha value is -1.62. The van der Waals surface area contributed by atoms with Crippen LogP contribution in [0.5, 0.6) is 0 Å². The number of nitrogens with zero attached hydrogens (tertiary/aromatic N) is 4. The Morgan fingerprint density at radius 1 is 0.962 bits per heavy atom. The first-order valence-corrected chi connectivity index (χ1v) is 10.6. The Labute approximate surface area is 155 Å². The highest BCUT2D eigenvalue weighted by atomic mass is 16.1. The number of likely N-dealkylation sites (tertiary alicyclic amines) is 1. The number of hydrogen-bond acceptors (Lipinski definition) is 3. The summed E-state index contributed by atoms with van der Waals surface area (Å²) >= 11 is 0. The molecule has 0 N–H and O–H groups in total. The molecule has 3 heterocycles. The molecule has 5 heteroatoms. The third-order valence-electron chi connectivity index (χ3n) is 7.04. The summed E-state index contributed by atoms with van der Waals surface area (Å²) in [6.45, 7) is 2.24. The van der Waals surface area contributed by atoms with E-state index >= 15 is 0 Å². The van der Waals surface area contributed by atoms with Gasteiger partial charge in [0.25, 0.3) is 5.56 Å². The van der Waals surface area contributed by atoms with Crippen LogP contribution in [0, 0.1) is 0 Å². The lowest BCUT2D eigenvalue weighted by molar-refractivity contribution is 0.127. The van der Waals surface area contributed by atoms with E-state index in [2.05, 4.69) is 14.6 Å². The third-order valence-corrected chi connectivity index (χ3v) is 7.04. The fourth-order valence-corrected chi connectivity index (χ4v) is 5.74. The largest absolute Gasteiger partial charge is 0.298 e. The Morgan fingerprint density at radius 2 is 1.69 bits per heavy atom. The number of aryl methyl sites for hydroxylation is 2. The maximum atomic E-state index is 13.5. The average Bonchev–Trinajstić information content (AvgIpc) is 3.33. The molecule has 1 atom stereocenters. The van der Waals surface area contributed by atoms with Gasteiger partial charge in [0.2, 0.25) is 0 Å². The summed E-state index contributed by atoms with van der Waals surface area (Å²) in [5.41, 5.74) is 3.68. The van der Waals surface area contributed by atoms with Crippen molar-refractivity contribution in [1.82, 2.24) is 19.2 Å². The quantitative estimate of drug-likeness (QED) is 0.832. The Balaban J connectivity index is 1.60. The van der Waals surface area contributed by atoms with Gasteiger partial charge in [-0.2, -0.15) is 5.10 Å². The molecule has 0 radical (unpaired) electrons. The molecular formula is C21H30N4O. The third kappa shape index (κ3) is 2.55. The predicted octanol–water partition coefficient (Wildman–Crippen LogP) is 3.19. The molecule has 2 aliphatic carbocycles. The second-order valence-corrected chi connectivity index (χ2v) is 8.57. The number of aromatic nitrogens is 3. The van der Waals surface area contributed by atoms with Crippen molar-refractivity contribution in [3.05, 3.63) is 27.7 Å². The van der Waals surface area contributed by atoms with Crippen LogP contribution < -0.4 is 5.56 Å². The number of rotatable bonds is 2. The van der Waals surface area contributed by atoms with Gasteiger partial charge in [0.1, 0.15) is 5.65 Å². The summed E-state index contributed by atoms with van der Waals surface area (Å²) in [5.74, 6) is 0. The van der Waals surface area contributed by atoms with Gasteiger partial charge >= 0.3 is 0 Å². The molecule has 2 aromatic rings. The van der Waals surface area contributed by atoms with Crippen LogP contribution in [0.1, 0.15) is 68.5 Å². The van der Waals surface area contributed by atoms with E-state index in [4.69, 9.17) is 0 Å². The number of hydrogen-bond donors (Lipinski definition) is 0. The van der Waals surface area contributed by atoms with Gasteiger partial charge in [0.15, 0.2) is 0 Å². The zero-order chi connectivity index (χ0) is 17.7. The normalized spacial score (nSPS) is 25.0. The van der Waals surface area contributed by atoms with Crippen molar-refractivity contribution >= 4 is 11.0 Å². The fraction of sp³-hybridized carbons (Fsp3) is 0.714. The van der Waals surface area contributed by atoms with Crippen LogP contribution in [0.3, 0.4) is 0 Å². The SMILES string of the molecule is Cn1ncc2c3c(c(=O)n(C4CCCN(C5CCCC5)C4)c21)CCCC3. The minimum Gasteiger partial charge on any atom is -0.298 e. The molecule has 1 aliphatic heterocycles. The van der Waals surface area contributed by atoms with E-state index in [-0.39, 0.29) is 5.56 Å². The highest BCUT2D eigenvalue weighted by molar-refractivity contribution is 5.80. The minimum absolute atomic E-state index is 0.272. The van der Waals surface area contributed by atoms with Crippen LogP contribution in [0.25, 0.3) is 11.0 Å². The molecule has 1 unspecified atom stereocenters. The molecule has 2 fully saturated rings. The highest BCUT2D eigenvalue weighted by Crippen LogP contribution is 2.33. The van der Waals surface area contributed by atoms with E-state index in [9.17, 15) is 4.79 Å². The highest BCUT2D eigenvalue weighted by Gasteiger charge is 2.31. The van der Waals surface area contributed by atoms with Crippen molar-refractivity contribution in [1.29, 1.82) is 0 Å². The van der Waals surface area contributed by atoms with E-state index < -0.39 is 0 Å². The lowest BCUT2D eigenvalue weighted by Crippen LogP contribution is -2.45. The molecule has 0 aromatic carbocycles. The Morgan fingerprint density at radius 3 is 2.50 bits per heavy atom. The summed E-state index contributed by atoms with van der Waals surface area (Å²) in [6, 6.07) is 1.04. The minimum atomic E-state index is 0.272. The Kier molecular flexibility index (Phi) is 4.15. The first-order valence-electron chi connectivity index (χ1n) is 10.6. The first kappa shape index (κ1) is 16.5. The summed E-state index contributed by atoms with van der Waals surface area (Å²) in [6.07, 6.45) is 14.0. The van der Waals surface area contributed by atoms with Crippen LogP contribution in [0.2, 0.25) is 0 Å². The molecule has 0 amide bonds. The molecule has 1 saturated carbocycles. The first-order chi connectivity index (χ1) is 12.7. The van der Waals surface area contributed by atoms with Gasteiger partial charge in [-0.1, -0.05) is 12.8 Å². The van der Waals surface area contributed by atoms with Crippen LogP contribution >= 0.6 is 0 Å². The van der Waals surface area contributed by atoms with E-state index in [0.29, 0.717) is 6.04 Å². The van der Waals surface area contributed by atoms with E-state index in [1.54, 1.807) is 0 Å². The van der Waals surface area contributed by atoms with Crippen molar-refractivity contribution in [2.45, 2.75) is 76.3 Å².